The molecule has 0 radical (unpaired) electrons. The first-order valence-electron chi connectivity index (χ1n) is 5.71. The smallest absolute Gasteiger partial charge is 0.0548 e. The second-order valence-corrected chi connectivity index (χ2v) is 5.50. The molecule has 0 aliphatic heterocycles. The molecule has 0 aliphatic carbocycles. The van der Waals surface area contributed by atoms with Gasteiger partial charge in [0.25, 0.3) is 0 Å². The van der Waals surface area contributed by atoms with Crippen LogP contribution in [-0.4, -0.2) is 4.98 Å². The standard InChI is InChI=1S/C14H14BrClN2/c1-9(13-4-2-3-7-18-13)14(17)10-5-6-12(16)11(15)8-10/h2-9,14H,17H2,1H3. The summed E-state index contributed by atoms with van der Waals surface area (Å²) in [5.41, 5.74) is 8.33. The van der Waals surface area contributed by atoms with Crippen LogP contribution in [0.1, 0.15) is 30.1 Å². The van der Waals surface area contributed by atoms with Crippen LogP contribution in [0.5, 0.6) is 0 Å². The van der Waals surface area contributed by atoms with Crippen molar-refractivity contribution >= 4 is 27.5 Å². The maximum Gasteiger partial charge on any atom is 0.0548 e. The van der Waals surface area contributed by atoms with E-state index in [2.05, 4.69) is 27.8 Å². The van der Waals surface area contributed by atoms with Gasteiger partial charge in [-0.05, 0) is 45.8 Å². The zero-order valence-corrected chi connectivity index (χ0v) is 12.3. The molecule has 2 atom stereocenters. The van der Waals surface area contributed by atoms with E-state index >= 15 is 0 Å². The van der Waals surface area contributed by atoms with Crippen molar-refractivity contribution in [1.82, 2.24) is 4.98 Å². The molecule has 2 N–H and O–H groups in total. The Balaban J connectivity index is 2.25. The topological polar surface area (TPSA) is 38.9 Å². The van der Waals surface area contributed by atoms with Gasteiger partial charge in [-0.25, -0.2) is 0 Å². The van der Waals surface area contributed by atoms with Crippen LogP contribution >= 0.6 is 27.5 Å². The number of benzene rings is 1. The zero-order chi connectivity index (χ0) is 13.1. The Hall–Kier alpha value is -0.900. The number of nitrogens with zero attached hydrogens (tertiary/aromatic N) is 1. The third-order valence-electron chi connectivity index (χ3n) is 3.02. The molecule has 0 spiro atoms. The lowest BCUT2D eigenvalue weighted by Gasteiger charge is -2.20. The van der Waals surface area contributed by atoms with Crippen molar-refractivity contribution in [2.24, 2.45) is 5.73 Å². The van der Waals surface area contributed by atoms with Crippen molar-refractivity contribution in [3.8, 4) is 0 Å². The minimum absolute atomic E-state index is 0.103. The van der Waals surface area contributed by atoms with Crippen molar-refractivity contribution in [2.75, 3.05) is 0 Å². The molecule has 0 aliphatic rings. The van der Waals surface area contributed by atoms with E-state index < -0.39 is 0 Å². The van der Waals surface area contributed by atoms with Gasteiger partial charge in [-0.2, -0.15) is 0 Å². The normalized spacial score (nSPS) is 14.2. The summed E-state index contributed by atoms with van der Waals surface area (Å²) < 4.78 is 0.866. The van der Waals surface area contributed by atoms with E-state index in [1.165, 1.54) is 0 Å². The predicted molar refractivity (Wildman–Crippen MR) is 78.7 cm³/mol. The highest BCUT2D eigenvalue weighted by molar-refractivity contribution is 9.10. The third-order valence-corrected chi connectivity index (χ3v) is 4.24. The maximum absolute atomic E-state index is 6.29. The first kappa shape index (κ1) is 13.5. The summed E-state index contributed by atoms with van der Waals surface area (Å²) in [6, 6.07) is 11.5. The molecular weight excluding hydrogens is 312 g/mol. The number of aromatic nitrogens is 1. The minimum atomic E-state index is -0.103. The van der Waals surface area contributed by atoms with E-state index in [0.29, 0.717) is 5.02 Å². The Kier molecular flexibility index (Phi) is 4.38. The molecule has 2 nitrogen and oxygen atoms in total. The molecule has 0 amide bonds. The summed E-state index contributed by atoms with van der Waals surface area (Å²) in [5.74, 6) is 0.152. The fourth-order valence-corrected chi connectivity index (χ4v) is 2.35. The summed E-state index contributed by atoms with van der Waals surface area (Å²) in [7, 11) is 0. The molecule has 0 fully saturated rings. The maximum atomic E-state index is 6.29. The molecule has 4 heteroatoms. The molecule has 0 saturated carbocycles. The van der Waals surface area contributed by atoms with Gasteiger partial charge in [0, 0.05) is 28.3 Å². The van der Waals surface area contributed by atoms with Crippen LogP contribution in [0.2, 0.25) is 5.02 Å². The molecule has 2 unspecified atom stereocenters. The van der Waals surface area contributed by atoms with Crippen molar-refractivity contribution in [2.45, 2.75) is 18.9 Å². The molecule has 2 aromatic rings. The lowest BCUT2D eigenvalue weighted by atomic mass is 9.92. The Bertz CT molecular complexity index is 531. The summed E-state index contributed by atoms with van der Waals surface area (Å²) in [6.07, 6.45) is 1.79. The summed E-state index contributed by atoms with van der Waals surface area (Å²) in [5, 5.41) is 0.691. The minimum Gasteiger partial charge on any atom is -0.323 e. The van der Waals surface area contributed by atoms with Gasteiger partial charge in [-0.1, -0.05) is 30.7 Å². The molecule has 18 heavy (non-hydrogen) atoms. The number of hydrogen-bond donors (Lipinski definition) is 1. The molecular formula is C14H14BrClN2. The van der Waals surface area contributed by atoms with Gasteiger partial charge in [0.05, 0.1) is 5.02 Å². The quantitative estimate of drug-likeness (QED) is 0.913. The van der Waals surface area contributed by atoms with E-state index in [1.807, 2.05) is 36.4 Å². The van der Waals surface area contributed by atoms with Crippen molar-refractivity contribution in [3.05, 3.63) is 63.3 Å². The van der Waals surface area contributed by atoms with E-state index in [-0.39, 0.29) is 12.0 Å². The number of nitrogens with two attached hydrogens (primary N) is 1. The van der Waals surface area contributed by atoms with Crippen molar-refractivity contribution < 1.29 is 0 Å². The van der Waals surface area contributed by atoms with Gasteiger partial charge < -0.3 is 5.73 Å². The Morgan fingerprint density at radius 2 is 2.06 bits per heavy atom. The fraction of sp³-hybridized carbons (Fsp3) is 0.214. The van der Waals surface area contributed by atoms with Crippen LogP contribution in [0.3, 0.4) is 0 Å². The highest BCUT2D eigenvalue weighted by Crippen LogP contribution is 2.31. The second kappa shape index (κ2) is 5.83. The van der Waals surface area contributed by atoms with Crippen LogP contribution in [-0.2, 0) is 0 Å². The molecule has 94 valence electrons. The van der Waals surface area contributed by atoms with E-state index in [4.69, 9.17) is 17.3 Å². The molecule has 0 saturated heterocycles. The van der Waals surface area contributed by atoms with E-state index in [0.717, 1.165) is 15.7 Å². The first-order chi connectivity index (χ1) is 8.59. The van der Waals surface area contributed by atoms with Crippen LogP contribution in [0.25, 0.3) is 0 Å². The van der Waals surface area contributed by atoms with Crippen LogP contribution in [0, 0.1) is 0 Å². The van der Waals surface area contributed by atoms with E-state index in [1.54, 1.807) is 6.20 Å². The first-order valence-corrected chi connectivity index (χ1v) is 6.88. The number of hydrogen-bond acceptors (Lipinski definition) is 2. The Morgan fingerprint density at radius 1 is 1.28 bits per heavy atom. The Labute approximate surface area is 120 Å². The Morgan fingerprint density at radius 3 is 2.67 bits per heavy atom. The lowest BCUT2D eigenvalue weighted by Crippen LogP contribution is -2.18. The highest BCUT2D eigenvalue weighted by Gasteiger charge is 2.18. The predicted octanol–water partition coefficient (Wildman–Crippen LogP) is 4.30. The van der Waals surface area contributed by atoms with Gasteiger partial charge in [0.2, 0.25) is 0 Å². The van der Waals surface area contributed by atoms with Gasteiger partial charge in [-0.3, -0.25) is 4.98 Å². The second-order valence-electron chi connectivity index (χ2n) is 4.24. The van der Waals surface area contributed by atoms with Crippen molar-refractivity contribution in [1.29, 1.82) is 0 Å². The van der Waals surface area contributed by atoms with Crippen LogP contribution < -0.4 is 5.73 Å². The van der Waals surface area contributed by atoms with Crippen LogP contribution in [0.4, 0.5) is 0 Å². The molecule has 0 bridgehead atoms. The number of rotatable bonds is 3. The average Bonchev–Trinajstić information content (AvgIpc) is 2.41. The summed E-state index contributed by atoms with van der Waals surface area (Å²) in [6.45, 7) is 2.08. The lowest BCUT2D eigenvalue weighted by molar-refractivity contribution is 0.583. The van der Waals surface area contributed by atoms with Gasteiger partial charge >= 0.3 is 0 Å². The molecule has 2 rings (SSSR count). The SMILES string of the molecule is CC(c1ccccn1)C(N)c1ccc(Cl)c(Br)c1. The highest BCUT2D eigenvalue weighted by atomic mass is 79.9. The summed E-state index contributed by atoms with van der Waals surface area (Å²) in [4.78, 5) is 4.35. The molecule has 1 aromatic heterocycles. The molecule has 1 heterocycles. The average molecular weight is 326 g/mol. The van der Waals surface area contributed by atoms with Crippen LogP contribution in [0.15, 0.2) is 47.1 Å². The molecule has 1 aromatic carbocycles. The zero-order valence-electron chi connectivity index (χ0n) is 9.98. The third kappa shape index (κ3) is 2.91. The van der Waals surface area contributed by atoms with Gasteiger partial charge in [-0.15, -0.1) is 0 Å². The van der Waals surface area contributed by atoms with Crippen molar-refractivity contribution in [3.63, 3.8) is 0 Å². The van der Waals surface area contributed by atoms with Gasteiger partial charge in [0.15, 0.2) is 0 Å². The van der Waals surface area contributed by atoms with E-state index in [9.17, 15) is 0 Å². The number of pyridine rings is 1. The fourth-order valence-electron chi connectivity index (χ4n) is 1.84. The monoisotopic (exact) mass is 324 g/mol. The largest absolute Gasteiger partial charge is 0.323 e. The van der Waals surface area contributed by atoms with Gasteiger partial charge in [0.1, 0.15) is 0 Å². The summed E-state index contributed by atoms with van der Waals surface area (Å²) >= 11 is 9.40. The number of halogens is 2.